The van der Waals surface area contributed by atoms with Gasteiger partial charge in [-0.25, -0.2) is 12.8 Å². The Morgan fingerprint density at radius 1 is 1.11 bits per heavy atom. The summed E-state index contributed by atoms with van der Waals surface area (Å²) in [5.41, 5.74) is 0.289. The predicted octanol–water partition coefficient (Wildman–Crippen LogP) is 1.49. The Labute approximate surface area is 161 Å². The van der Waals surface area contributed by atoms with Gasteiger partial charge in [0.05, 0.1) is 11.3 Å². The van der Waals surface area contributed by atoms with E-state index in [-0.39, 0.29) is 17.0 Å². The first-order valence-corrected chi connectivity index (χ1v) is 9.89. The molecule has 146 valence electrons. The highest BCUT2D eigenvalue weighted by molar-refractivity contribution is 7.89. The van der Waals surface area contributed by atoms with Gasteiger partial charge in [0.2, 0.25) is 11.8 Å². The summed E-state index contributed by atoms with van der Waals surface area (Å²) in [6.45, 7) is -0.0683. The van der Waals surface area contributed by atoms with Crippen molar-refractivity contribution in [3.63, 3.8) is 0 Å². The minimum absolute atomic E-state index is 0.00566. The fourth-order valence-corrected chi connectivity index (χ4v) is 4.21. The number of nitrogens with one attached hydrogen (secondary N) is 2. The van der Waals surface area contributed by atoms with Crippen molar-refractivity contribution in [1.29, 1.82) is 0 Å². The number of halogens is 1. The van der Waals surface area contributed by atoms with Crippen LogP contribution < -0.4 is 10.6 Å². The summed E-state index contributed by atoms with van der Waals surface area (Å²) in [6, 6.07) is 12.3. The number of amides is 2. The first-order valence-electron chi connectivity index (χ1n) is 8.45. The minimum Gasteiger partial charge on any atom is -0.352 e. The third-order valence-corrected chi connectivity index (χ3v) is 5.99. The number of benzene rings is 2. The highest BCUT2D eigenvalue weighted by Gasteiger charge is 2.36. The minimum atomic E-state index is -4.02. The molecule has 2 aromatic rings. The third-order valence-electron chi connectivity index (χ3n) is 4.19. The second-order valence-electron chi connectivity index (χ2n) is 6.06. The molecule has 0 fully saturated rings. The normalized spacial score (nSPS) is 16.5. The molecule has 0 spiro atoms. The van der Waals surface area contributed by atoms with Crippen molar-refractivity contribution in [3.05, 3.63) is 78.4 Å². The Bertz CT molecular complexity index is 1010. The van der Waals surface area contributed by atoms with E-state index in [2.05, 4.69) is 10.6 Å². The molecule has 28 heavy (non-hydrogen) atoms. The van der Waals surface area contributed by atoms with Gasteiger partial charge in [0.1, 0.15) is 11.9 Å². The summed E-state index contributed by atoms with van der Waals surface area (Å²) < 4.78 is 40.2. The molecule has 0 saturated carbocycles. The number of hydrogen-bond donors (Lipinski definition) is 2. The summed E-state index contributed by atoms with van der Waals surface area (Å²) in [5, 5.41) is 4.92. The maximum Gasteiger partial charge on any atom is 0.264 e. The van der Waals surface area contributed by atoms with E-state index in [0.29, 0.717) is 0 Å². The SMILES string of the molecule is O=C(CC1C(=O)NC=CN1S(=O)(=O)c1ccccc1)NCc1ccccc1F. The van der Waals surface area contributed by atoms with Crippen LogP contribution in [0.2, 0.25) is 0 Å². The zero-order chi connectivity index (χ0) is 20.1. The van der Waals surface area contributed by atoms with Gasteiger partial charge in [-0.2, -0.15) is 0 Å². The van der Waals surface area contributed by atoms with Crippen LogP contribution >= 0.6 is 0 Å². The number of carbonyl (C=O) groups is 2. The highest BCUT2D eigenvalue weighted by atomic mass is 32.2. The first kappa shape index (κ1) is 19.6. The average molecular weight is 403 g/mol. The lowest BCUT2D eigenvalue weighted by Gasteiger charge is -2.31. The van der Waals surface area contributed by atoms with Gasteiger partial charge in [-0.05, 0) is 18.2 Å². The van der Waals surface area contributed by atoms with Crippen molar-refractivity contribution in [2.45, 2.75) is 23.9 Å². The van der Waals surface area contributed by atoms with Crippen molar-refractivity contribution in [3.8, 4) is 0 Å². The number of nitrogens with zero attached hydrogens (tertiary/aromatic N) is 1. The molecule has 2 amide bonds. The van der Waals surface area contributed by atoms with Crippen molar-refractivity contribution in [2.75, 3.05) is 0 Å². The number of carbonyl (C=O) groups excluding carboxylic acids is 2. The fourth-order valence-electron chi connectivity index (χ4n) is 2.74. The van der Waals surface area contributed by atoms with Crippen LogP contribution in [0.3, 0.4) is 0 Å². The Kier molecular flexibility index (Phi) is 5.74. The van der Waals surface area contributed by atoms with Crippen molar-refractivity contribution in [1.82, 2.24) is 14.9 Å². The summed E-state index contributed by atoms with van der Waals surface area (Å²) in [4.78, 5) is 24.5. The van der Waals surface area contributed by atoms with Gasteiger partial charge in [-0.15, -0.1) is 0 Å². The van der Waals surface area contributed by atoms with Gasteiger partial charge in [-0.1, -0.05) is 36.4 Å². The van der Waals surface area contributed by atoms with Crippen LogP contribution in [0.4, 0.5) is 4.39 Å². The van der Waals surface area contributed by atoms with Gasteiger partial charge in [0.15, 0.2) is 0 Å². The average Bonchev–Trinajstić information content (AvgIpc) is 2.69. The van der Waals surface area contributed by atoms with Crippen LogP contribution in [0.5, 0.6) is 0 Å². The summed E-state index contributed by atoms with van der Waals surface area (Å²) in [5.74, 6) is -1.66. The van der Waals surface area contributed by atoms with E-state index in [9.17, 15) is 22.4 Å². The lowest BCUT2D eigenvalue weighted by molar-refractivity contribution is -0.129. The van der Waals surface area contributed by atoms with Crippen LogP contribution in [0, 0.1) is 5.82 Å². The molecule has 0 aromatic heterocycles. The molecule has 1 aliphatic rings. The molecule has 0 saturated heterocycles. The maximum absolute atomic E-state index is 13.7. The molecule has 0 radical (unpaired) electrons. The van der Waals surface area contributed by atoms with Gasteiger partial charge in [0.25, 0.3) is 10.0 Å². The Hall–Kier alpha value is -3.20. The lowest BCUT2D eigenvalue weighted by Crippen LogP contribution is -2.51. The van der Waals surface area contributed by atoms with Crippen LogP contribution in [0.25, 0.3) is 0 Å². The topological polar surface area (TPSA) is 95.6 Å². The van der Waals surface area contributed by atoms with E-state index in [1.54, 1.807) is 24.3 Å². The summed E-state index contributed by atoms with van der Waals surface area (Å²) in [6.07, 6.45) is 2.01. The highest BCUT2D eigenvalue weighted by Crippen LogP contribution is 2.22. The molecule has 2 N–H and O–H groups in total. The van der Waals surface area contributed by atoms with Crippen LogP contribution in [-0.4, -0.2) is 30.6 Å². The van der Waals surface area contributed by atoms with Crippen molar-refractivity contribution in [2.24, 2.45) is 0 Å². The van der Waals surface area contributed by atoms with E-state index < -0.39 is 40.1 Å². The van der Waals surface area contributed by atoms with Crippen LogP contribution in [0.1, 0.15) is 12.0 Å². The van der Waals surface area contributed by atoms with Gasteiger partial charge in [0, 0.05) is 24.5 Å². The molecule has 3 rings (SSSR count). The number of sulfonamides is 1. The monoisotopic (exact) mass is 403 g/mol. The largest absolute Gasteiger partial charge is 0.352 e. The van der Waals surface area contributed by atoms with Crippen molar-refractivity contribution < 1.29 is 22.4 Å². The molecule has 0 aliphatic carbocycles. The fraction of sp³-hybridized carbons (Fsp3) is 0.158. The molecule has 2 aromatic carbocycles. The second kappa shape index (κ2) is 8.22. The van der Waals surface area contributed by atoms with Gasteiger partial charge < -0.3 is 10.6 Å². The molecule has 1 unspecified atom stereocenters. The van der Waals surface area contributed by atoms with E-state index in [4.69, 9.17) is 0 Å². The maximum atomic E-state index is 13.7. The second-order valence-corrected chi connectivity index (χ2v) is 7.90. The van der Waals surface area contributed by atoms with Gasteiger partial charge >= 0.3 is 0 Å². The zero-order valence-corrected chi connectivity index (χ0v) is 15.5. The molecule has 1 aliphatic heterocycles. The smallest absolute Gasteiger partial charge is 0.264 e. The first-order chi connectivity index (χ1) is 13.4. The number of hydrogen-bond acceptors (Lipinski definition) is 4. The van der Waals surface area contributed by atoms with Crippen LogP contribution in [-0.2, 0) is 26.2 Å². The Morgan fingerprint density at radius 2 is 1.79 bits per heavy atom. The molecule has 0 bridgehead atoms. The molecule has 9 heteroatoms. The van der Waals surface area contributed by atoms with E-state index in [0.717, 1.165) is 4.31 Å². The van der Waals surface area contributed by atoms with Gasteiger partial charge in [-0.3, -0.25) is 13.9 Å². The molecular weight excluding hydrogens is 385 g/mol. The number of rotatable bonds is 6. The molecule has 1 heterocycles. The van der Waals surface area contributed by atoms with Crippen LogP contribution in [0.15, 0.2) is 71.9 Å². The quantitative estimate of drug-likeness (QED) is 0.764. The molecule has 7 nitrogen and oxygen atoms in total. The predicted molar refractivity (Wildman–Crippen MR) is 99.4 cm³/mol. The standard InChI is InChI=1S/C19H18FN3O4S/c20-16-9-5-4-6-14(16)13-22-18(24)12-17-19(25)21-10-11-23(17)28(26,27)15-7-2-1-3-8-15/h1-11,17H,12-13H2,(H,21,25)(H,22,24). The zero-order valence-electron chi connectivity index (χ0n) is 14.7. The lowest BCUT2D eigenvalue weighted by atomic mass is 10.1. The molecular formula is C19H18FN3O4S. The Morgan fingerprint density at radius 3 is 2.50 bits per heavy atom. The third kappa shape index (κ3) is 4.20. The summed E-state index contributed by atoms with van der Waals surface area (Å²) >= 11 is 0. The molecule has 1 atom stereocenters. The Balaban J connectivity index is 1.75. The summed E-state index contributed by atoms with van der Waals surface area (Å²) in [7, 11) is -4.02. The van der Waals surface area contributed by atoms with E-state index in [1.807, 2.05) is 0 Å². The van der Waals surface area contributed by atoms with Crippen molar-refractivity contribution >= 4 is 21.8 Å². The van der Waals surface area contributed by atoms with E-state index in [1.165, 1.54) is 42.7 Å². The van der Waals surface area contributed by atoms with E-state index >= 15 is 0 Å².